The molecule has 0 atom stereocenters. The summed E-state index contributed by atoms with van der Waals surface area (Å²) in [4.78, 5) is 43.5. The van der Waals surface area contributed by atoms with E-state index in [1.165, 1.54) is 0 Å². The zero-order chi connectivity index (χ0) is 22.0. The number of ketones is 1. The normalized spacial score (nSPS) is 13.4. The largest absolute Gasteiger partial charge is 0.455 e. The summed E-state index contributed by atoms with van der Waals surface area (Å²) in [7, 11) is 1.83. The molecule has 0 bridgehead atoms. The van der Waals surface area contributed by atoms with Gasteiger partial charge >= 0.3 is 6.03 Å². The average Bonchev–Trinajstić information content (AvgIpc) is 3.14. The van der Waals surface area contributed by atoms with Crippen LogP contribution in [0.2, 0.25) is 0 Å². The molecule has 10 nitrogen and oxygen atoms in total. The lowest BCUT2D eigenvalue weighted by Gasteiger charge is -2.22. The van der Waals surface area contributed by atoms with Crippen LogP contribution in [-0.2, 0) is 16.6 Å². The number of hydrogen-bond acceptors (Lipinski definition) is 7. The molecule has 4 rings (SSSR count). The van der Waals surface area contributed by atoms with Crippen molar-refractivity contribution < 1.29 is 19.1 Å². The number of rotatable bonds is 5. The number of hydrogen-bond donors (Lipinski definition) is 2. The predicted octanol–water partition coefficient (Wildman–Crippen LogP) is 2.61. The van der Waals surface area contributed by atoms with E-state index >= 15 is 0 Å². The van der Waals surface area contributed by atoms with Gasteiger partial charge in [0.1, 0.15) is 23.1 Å². The van der Waals surface area contributed by atoms with E-state index in [4.69, 9.17) is 4.74 Å². The first-order chi connectivity index (χ1) is 14.9. The Kier molecular flexibility index (Phi) is 5.44. The molecule has 0 unspecified atom stereocenters. The highest BCUT2D eigenvalue weighted by atomic mass is 16.5. The molecule has 31 heavy (non-hydrogen) atoms. The third kappa shape index (κ3) is 4.74. The van der Waals surface area contributed by atoms with E-state index in [1.54, 1.807) is 48.3 Å². The molecule has 2 N–H and O–H groups in total. The third-order valence-corrected chi connectivity index (χ3v) is 4.79. The van der Waals surface area contributed by atoms with Crippen molar-refractivity contribution in [3.8, 4) is 22.8 Å². The van der Waals surface area contributed by atoms with Crippen LogP contribution >= 0.6 is 0 Å². The van der Waals surface area contributed by atoms with Crippen LogP contribution in [0.4, 0.5) is 10.6 Å². The number of aromatic nitrogens is 4. The van der Waals surface area contributed by atoms with E-state index in [1.807, 2.05) is 13.2 Å². The summed E-state index contributed by atoms with van der Waals surface area (Å²) in [5.41, 5.74) is 2.15. The Morgan fingerprint density at radius 1 is 1.23 bits per heavy atom. The number of ether oxygens (including phenoxy) is 1. The van der Waals surface area contributed by atoms with Crippen LogP contribution < -0.4 is 15.4 Å². The van der Waals surface area contributed by atoms with Gasteiger partial charge in [0.2, 0.25) is 5.91 Å². The molecule has 1 fully saturated rings. The van der Waals surface area contributed by atoms with E-state index in [-0.39, 0.29) is 24.4 Å². The second-order valence-electron chi connectivity index (χ2n) is 7.25. The molecule has 0 radical (unpaired) electrons. The highest BCUT2D eigenvalue weighted by molar-refractivity contribution is 6.05. The molecule has 0 aromatic carbocycles. The molecule has 0 aliphatic heterocycles. The summed E-state index contributed by atoms with van der Waals surface area (Å²) in [6.45, 7) is 1.74. The summed E-state index contributed by atoms with van der Waals surface area (Å²) in [6, 6.07) is 6.08. The van der Waals surface area contributed by atoms with Gasteiger partial charge in [0.25, 0.3) is 0 Å². The molecular weight excluding hydrogens is 400 g/mol. The minimum absolute atomic E-state index is 0.0233. The zero-order valence-electron chi connectivity index (χ0n) is 17.0. The fraction of sp³-hybridized carbons (Fsp3) is 0.238. The first-order valence-corrected chi connectivity index (χ1v) is 9.61. The van der Waals surface area contributed by atoms with E-state index in [0.29, 0.717) is 17.2 Å². The Morgan fingerprint density at radius 2 is 2.03 bits per heavy atom. The van der Waals surface area contributed by atoms with Crippen molar-refractivity contribution in [3.63, 3.8) is 0 Å². The number of carbonyl (C=O) groups excluding carboxylic acids is 3. The first-order valence-electron chi connectivity index (χ1n) is 9.61. The molecule has 0 saturated heterocycles. The molecule has 3 amide bonds. The summed E-state index contributed by atoms with van der Waals surface area (Å²) in [6.07, 6.45) is 5.59. The molecular formula is C21H20N6O4. The topological polar surface area (TPSA) is 128 Å². The fourth-order valence-corrected chi connectivity index (χ4v) is 3.08. The smallest absolute Gasteiger partial charge is 0.327 e. The number of aryl methyl sites for hydroxylation is 2. The maximum Gasteiger partial charge on any atom is 0.327 e. The van der Waals surface area contributed by atoms with Gasteiger partial charge in [-0.15, -0.1) is 0 Å². The molecule has 3 aromatic heterocycles. The number of urea groups is 1. The Hall–Kier alpha value is -4.08. The van der Waals surface area contributed by atoms with Gasteiger partial charge in [-0.25, -0.2) is 9.78 Å². The van der Waals surface area contributed by atoms with Crippen LogP contribution in [0.5, 0.6) is 11.5 Å². The van der Waals surface area contributed by atoms with Crippen molar-refractivity contribution in [2.24, 2.45) is 13.0 Å². The number of Topliss-reactive ketones (excluding diaryl/α,β-unsaturated/α-hetero) is 1. The molecule has 0 spiro atoms. The second kappa shape index (κ2) is 8.34. The van der Waals surface area contributed by atoms with Crippen LogP contribution in [0.25, 0.3) is 11.3 Å². The van der Waals surface area contributed by atoms with Gasteiger partial charge in [0.15, 0.2) is 0 Å². The third-order valence-electron chi connectivity index (χ3n) is 4.79. The Morgan fingerprint density at radius 3 is 2.71 bits per heavy atom. The number of amides is 3. The van der Waals surface area contributed by atoms with Crippen molar-refractivity contribution in [3.05, 3.63) is 48.5 Å². The minimum atomic E-state index is -0.694. The lowest BCUT2D eigenvalue weighted by Crippen LogP contribution is -2.43. The standard InChI is InChI=1S/C21H20N6O4/c1-12-18(31-16-5-6-22-17(9-16)14-10-23-27(2)11-14)3-4-19(24-12)25-21(30)26-20(29)13-7-15(28)8-13/h3-6,9-11,13H,7-8H2,1-2H3,(H2,24,25,26,29,30). The number of anilines is 1. The van der Waals surface area contributed by atoms with E-state index in [2.05, 4.69) is 25.7 Å². The molecule has 10 heteroatoms. The van der Waals surface area contributed by atoms with E-state index in [0.717, 1.165) is 11.3 Å². The maximum atomic E-state index is 12.0. The number of nitrogens with one attached hydrogen (secondary N) is 2. The molecule has 1 saturated carbocycles. The summed E-state index contributed by atoms with van der Waals surface area (Å²) >= 11 is 0. The average molecular weight is 420 g/mol. The van der Waals surface area contributed by atoms with E-state index < -0.39 is 17.9 Å². The lowest BCUT2D eigenvalue weighted by molar-refractivity contribution is -0.137. The van der Waals surface area contributed by atoms with Crippen molar-refractivity contribution in [2.45, 2.75) is 19.8 Å². The van der Waals surface area contributed by atoms with E-state index in [9.17, 15) is 14.4 Å². The van der Waals surface area contributed by atoms with Gasteiger partial charge < -0.3 is 4.74 Å². The van der Waals surface area contributed by atoms with Crippen molar-refractivity contribution in [1.82, 2.24) is 25.1 Å². The van der Waals surface area contributed by atoms with Crippen LogP contribution in [0, 0.1) is 12.8 Å². The number of nitrogens with zero attached hydrogens (tertiary/aromatic N) is 4. The Balaban J connectivity index is 1.39. The van der Waals surface area contributed by atoms with Gasteiger partial charge in [-0.2, -0.15) is 5.10 Å². The van der Waals surface area contributed by atoms with Gasteiger partial charge in [-0.1, -0.05) is 0 Å². The minimum Gasteiger partial charge on any atom is -0.455 e. The highest BCUT2D eigenvalue weighted by Crippen LogP contribution is 2.28. The quantitative estimate of drug-likeness (QED) is 0.649. The monoisotopic (exact) mass is 420 g/mol. The van der Waals surface area contributed by atoms with Gasteiger partial charge in [-0.05, 0) is 25.1 Å². The summed E-state index contributed by atoms with van der Waals surface area (Å²) < 4.78 is 7.62. The lowest BCUT2D eigenvalue weighted by atomic mass is 9.83. The molecule has 158 valence electrons. The predicted molar refractivity (Wildman–Crippen MR) is 110 cm³/mol. The zero-order valence-corrected chi connectivity index (χ0v) is 17.0. The van der Waals surface area contributed by atoms with Crippen LogP contribution in [0.15, 0.2) is 42.9 Å². The molecule has 3 aromatic rings. The van der Waals surface area contributed by atoms with Crippen molar-refractivity contribution in [2.75, 3.05) is 5.32 Å². The van der Waals surface area contributed by atoms with Gasteiger partial charge in [-0.3, -0.25) is 29.9 Å². The number of imide groups is 1. The molecule has 1 aliphatic carbocycles. The second-order valence-corrected chi connectivity index (χ2v) is 7.25. The first kappa shape index (κ1) is 20.2. The summed E-state index contributed by atoms with van der Waals surface area (Å²) in [5, 5.41) is 8.88. The van der Waals surface area contributed by atoms with Gasteiger partial charge in [0, 0.05) is 43.9 Å². The fourth-order valence-electron chi connectivity index (χ4n) is 3.08. The summed E-state index contributed by atoms with van der Waals surface area (Å²) in [5.74, 6) is 0.494. The molecule has 3 heterocycles. The van der Waals surface area contributed by atoms with Gasteiger partial charge in [0.05, 0.1) is 23.5 Å². The van der Waals surface area contributed by atoms with Crippen LogP contribution in [-0.4, -0.2) is 37.5 Å². The number of carbonyl (C=O) groups is 3. The van der Waals surface area contributed by atoms with Crippen molar-refractivity contribution in [1.29, 1.82) is 0 Å². The maximum absolute atomic E-state index is 12.0. The van der Waals surface area contributed by atoms with Crippen molar-refractivity contribution >= 4 is 23.5 Å². The highest BCUT2D eigenvalue weighted by Gasteiger charge is 2.33. The van der Waals surface area contributed by atoms with Crippen LogP contribution in [0.1, 0.15) is 18.5 Å². The SMILES string of the molecule is Cc1nc(NC(=O)NC(=O)C2CC(=O)C2)ccc1Oc1ccnc(-c2cnn(C)c2)c1. The molecule has 1 aliphatic rings. The Bertz CT molecular complexity index is 1160. The Labute approximate surface area is 177 Å². The van der Waals surface area contributed by atoms with Crippen LogP contribution in [0.3, 0.4) is 0 Å². The number of pyridine rings is 2.